The monoisotopic (exact) mass is 281 g/mol. The molecule has 1 aromatic rings. The largest absolute Gasteiger partial charge is 0.377 e. The Kier molecular flexibility index (Phi) is 4.21. The molecule has 0 radical (unpaired) electrons. The molecule has 3 heterocycles. The molecule has 0 spiro atoms. The number of pyridine rings is 1. The summed E-state index contributed by atoms with van der Waals surface area (Å²) in [5.74, 6) is 0. The van der Waals surface area contributed by atoms with Crippen molar-refractivity contribution in [1.29, 1.82) is 0 Å². The van der Waals surface area contributed by atoms with E-state index in [1.807, 2.05) is 6.07 Å². The molecule has 1 atom stereocenters. The zero-order valence-electron chi connectivity index (χ0n) is 11.1. The van der Waals surface area contributed by atoms with Crippen LogP contribution in [0.5, 0.6) is 0 Å². The third kappa shape index (κ3) is 3.19. The predicted molar refractivity (Wildman–Crippen MR) is 76.9 cm³/mol. The Morgan fingerprint density at radius 1 is 1.32 bits per heavy atom. The van der Waals surface area contributed by atoms with Crippen molar-refractivity contribution in [2.45, 2.75) is 18.9 Å². The molecule has 0 saturated carbocycles. The SMILES string of the molecule is Clc1cnccc1N1CCN(CC2CCCO2)CC1. The van der Waals surface area contributed by atoms with E-state index in [9.17, 15) is 0 Å². The third-order valence-electron chi connectivity index (χ3n) is 3.95. The molecule has 4 nitrogen and oxygen atoms in total. The van der Waals surface area contributed by atoms with E-state index < -0.39 is 0 Å². The average Bonchev–Trinajstić information content (AvgIpc) is 2.93. The molecule has 2 fully saturated rings. The highest BCUT2D eigenvalue weighted by atomic mass is 35.5. The van der Waals surface area contributed by atoms with E-state index in [1.165, 1.54) is 12.8 Å². The van der Waals surface area contributed by atoms with Crippen LogP contribution in [0.2, 0.25) is 5.02 Å². The predicted octanol–water partition coefficient (Wildman–Crippen LogP) is 2.04. The number of hydrogen-bond acceptors (Lipinski definition) is 4. The zero-order valence-corrected chi connectivity index (χ0v) is 11.9. The molecule has 0 N–H and O–H groups in total. The van der Waals surface area contributed by atoms with Crippen molar-refractivity contribution in [3.63, 3.8) is 0 Å². The summed E-state index contributed by atoms with van der Waals surface area (Å²) in [5.41, 5.74) is 1.11. The summed E-state index contributed by atoms with van der Waals surface area (Å²) < 4.78 is 5.70. The molecule has 19 heavy (non-hydrogen) atoms. The number of anilines is 1. The van der Waals surface area contributed by atoms with Crippen molar-refractivity contribution in [2.75, 3.05) is 44.2 Å². The molecule has 2 aliphatic heterocycles. The van der Waals surface area contributed by atoms with E-state index >= 15 is 0 Å². The molecule has 5 heteroatoms. The first-order chi connectivity index (χ1) is 9.33. The molecule has 0 aromatic carbocycles. The topological polar surface area (TPSA) is 28.6 Å². The van der Waals surface area contributed by atoms with Crippen LogP contribution in [0.15, 0.2) is 18.5 Å². The van der Waals surface area contributed by atoms with Gasteiger partial charge in [0.15, 0.2) is 0 Å². The molecule has 0 aliphatic carbocycles. The Labute approximate surface area is 119 Å². The Morgan fingerprint density at radius 2 is 2.16 bits per heavy atom. The quantitative estimate of drug-likeness (QED) is 0.848. The van der Waals surface area contributed by atoms with E-state index in [4.69, 9.17) is 16.3 Å². The Bertz CT molecular complexity index is 415. The van der Waals surface area contributed by atoms with Crippen LogP contribution in [-0.4, -0.2) is 55.3 Å². The summed E-state index contributed by atoms with van der Waals surface area (Å²) in [6.45, 7) is 6.24. The molecule has 1 unspecified atom stereocenters. The van der Waals surface area contributed by atoms with Gasteiger partial charge in [-0.25, -0.2) is 0 Å². The molecule has 0 bridgehead atoms. The minimum atomic E-state index is 0.455. The fourth-order valence-corrected chi connectivity index (χ4v) is 3.11. The Morgan fingerprint density at radius 3 is 2.84 bits per heavy atom. The zero-order chi connectivity index (χ0) is 13.1. The van der Waals surface area contributed by atoms with Crippen LogP contribution in [-0.2, 0) is 4.74 Å². The van der Waals surface area contributed by atoms with Crippen LogP contribution >= 0.6 is 11.6 Å². The second-order valence-electron chi connectivity index (χ2n) is 5.25. The lowest BCUT2D eigenvalue weighted by Gasteiger charge is -2.37. The van der Waals surface area contributed by atoms with Gasteiger partial charge in [0.2, 0.25) is 0 Å². The Hall–Kier alpha value is -0.840. The van der Waals surface area contributed by atoms with Crippen LogP contribution < -0.4 is 4.90 Å². The highest BCUT2D eigenvalue weighted by Crippen LogP contribution is 2.25. The van der Waals surface area contributed by atoms with E-state index in [1.54, 1.807) is 12.4 Å². The minimum absolute atomic E-state index is 0.455. The lowest BCUT2D eigenvalue weighted by molar-refractivity contribution is 0.0713. The molecular weight excluding hydrogens is 262 g/mol. The van der Waals surface area contributed by atoms with Crippen molar-refractivity contribution in [1.82, 2.24) is 9.88 Å². The van der Waals surface area contributed by atoms with E-state index in [0.717, 1.165) is 50.0 Å². The van der Waals surface area contributed by atoms with Gasteiger partial charge in [-0.3, -0.25) is 9.88 Å². The molecule has 104 valence electrons. The van der Waals surface area contributed by atoms with Gasteiger partial charge in [0.05, 0.1) is 16.8 Å². The molecule has 2 saturated heterocycles. The van der Waals surface area contributed by atoms with E-state index in [2.05, 4.69) is 14.8 Å². The van der Waals surface area contributed by atoms with Gasteiger partial charge in [0, 0.05) is 51.7 Å². The van der Waals surface area contributed by atoms with Gasteiger partial charge in [-0.05, 0) is 18.9 Å². The van der Waals surface area contributed by atoms with Gasteiger partial charge in [-0.1, -0.05) is 11.6 Å². The van der Waals surface area contributed by atoms with Gasteiger partial charge < -0.3 is 9.64 Å². The van der Waals surface area contributed by atoms with Crippen LogP contribution in [0.4, 0.5) is 5.69 Å². The second kappa shape index (κ2) is 6.07. The summed E-state index contributed by atoms with van der Waals surface area (Å²) in [4.78, 5) is 8.88. The van der Waals surface area contributed by atoms with Gasteiger partial charge in [0.1, 0.15) is 0 Å². The lowest BCUT2D eigenvalue weighted by atomic mass is 10.2. The maximum absolute atomic E-state index is 6.19. The van der Waals surface area contributed by atoms with Crippen LogP contribution in [0.25, 0.3) is 0 Å². The maximum atomic E-state index is 6.19. The summed E-state index contributed by atoms with van der Waals surface area (Å²) >= 11 is 6.19. The number of piperazine rings is 1. The van der Waals surface area contributed by atoms with Crippen molar-refractivity contribution in [3.05, 3.63) is 23.5 Å². The number of rotatable bonds is 3. The molecular formula is C14H20ClN3O. The average molecular weight is 282 g/mol. The summed E-state index contributed by atoms with van der Waals surface area (Å²) in [7, 11) is 0. The van der Waals surface area contributed by atoms with E-state index in [0.29, 0.717) is 6.10 Å². The molecule has 2 aliphatic rings. The highest BCUT2D eigenvalue weighted by molar-refractivity contribution is 6.33. The fraction of sp³-hybridized carbons (Fsp3) is 0.643. The summed E-state index contributed by atoms with van der Waals surface area (Å²) in [5, 5.41) is 0.745. The molecule has 1 aromatic heterocycles. The van der Waals surface area contributed by atoms with Crippen molar-refractivity contribution in [3.8, 4) is 0 Å². The second-order valence-corrected chi connectivity index (χ2v) is 5.66. The third-order valence-corrected chi connectivity index (χ3v) is 4.24. The first kappa shape index (κ1) is 13.2. The summed E-state index contributed by atoms with van der Waals surface area (Å²) in [6, 6.07) is 2.00. The minimum Gasteiger partial charge on any atom is -0.377 e. The summed E-state index contributed by atoms with van der Waals surface area (Å²) in [6.07, 6.45) is 6.42. The number of hydrogen-bond donors (Lipinski definition) is 0. The lowest BCUT2D eigenvalue weighted by Crippen LogP contribution is -2.48. The van der Waals surface area contributed by atoms with E-state index in [-0.39, 0.29) is 0 Å². The number of halogens is 1. The highest BCUT2D eigenvalue weighted by Gasteiger charge is 2.23. The van der Waals surface area contributed by atoms with Crippen molar-refractivity contribution >= 4 is 17.3 Å². The van der Waals surface area contributed by atoms with Crippen LogP contribution in [0.1, 0.15) is 12.8 Å². The van der Waals surface area contributed by atoms with Gasteiger partial charge in [-0.15, -0.1) is 0 Å². The van der Waals surface area contributed by atoms with Crippen LogP contribution in [0.3, 0.4) is 0 Å². The first-order valence-electron chi connectivity index (χ1n) is 7.01. The number of nitrogens with zero attached hydrogens (tertiary/aromatic N) is 3. The van der Waals surface area contributed by atoms with Gasteiger partial charge >= 0.3 is 0 Å². The molecule has 0 amide bonds. The first-order valence-corrected chi connectivity index (χ1v) is 7.39. The van der Waals surface area contributed by atoms with Gasteiger partial charge in [-0.2, -0.15) is 0 Å². The normalized spacial score (nSPS) is 24.9. The smallest absolute Gasteiger partial charge is 0.0822 e. The van der Waals surface area contributed by atoms with Crippen molar-refractivity contribution in [2.24, 2.45) is 0 Å². The van der Waals surface area contributed by atoms with Gasteiger partial charge in [0.25, 0.3) is 0 Å². The molecule has 3 rings (SSSR count). The fourth-order valence-electron chi connectivity index (χ4n) is 2.87. The number of ether oxygens (including phenoxy) is 1. The Balaban J connectivity index is 1.53. The maximum Gasteiger partial charge on any atom is 0.0822 e. The van der Waals surface area contributed by atoms with Crippen LogP contribution in [0, 0.1) is 0 Å². The number of aromatic nitrogens is 1. The van der Waals surface area contributed by atoms with Crippen molar-refractivity contribution < 1.29 is 4.74 Å². The standard InChI is InChI=1S/C14H20ClN3O/c15-13-10-16-4-3-14(13)18-7-5-17(6-8-18)11-12-2-1-9-19-12/h3-4,10,12H,1-2,5-9,11H2.